The van der Waals surface area contributed by atoms with E-state index in [-0.39, 0.29) is 4.90 Å². The molecule has 0 unspecified atom stereocenters. The maximum atomic E-state index is 13.6. The number of anilines is 1. The Labute approximate surface area is 224 Å². The van der Waals surface area contributed by atoms with Crippen molar-refractivity contribution in [2.24, 2.45) is 5.10 Å². The summed E-state index contributed by atoms with van der Waals surface area (Å²) in [5, 5.41) is 4.27. The lowest BCUT2D eigenvalue weighted by Gasteiger charge is -2.24. The number of benzene rings is 3. The van der Waals surface area contributed by atoms with Crippen molar-refractivity contribution >= 4 is 27.3 Å². The number of aryl methyl sites for hydroxylation is 1. The minimum Gasteiger partial charge on any atom is -0.494 e. The van der Waals surface area contributed by atoms with Crippen LogP contribution in [-0.2, 0) is 14.8 Å². The molecule has 0 aliphatic rings. The second-order valence-electron chi connectivity index (χ2n) is 8.27. The average Bonchev–Trinajstić information content (AvgIpc) is 2.93. The van der Waals surface area contributed by atoms with Crippen molar-refractivity contribution in [3.63, 3.8) is 0 Å². The Morgan fingerprint density at radius 2 is 1.58 bits per heavy atom. The number of amides is 1. The van der Waals surface area contributed by atoms with E-state index < -0.39 is 22.5 Å². The molecule has 0 aromatic heterocycles. The van der Waals surface area contributed by atoms with Crippen LogP contribution in [0.5, 0.6) is 17.2 Å². The largest absolute Gasteiger partial charge is 0.494 e. The standard InChI is InChI=1S/C28H33N3O6S/c1-6-25(21-10-17-26(35-4)27(18-21)36-5)29-30-28(32)19-31(22-11-8-20(3)9-12-22)38(33,34)24-15-13-23(14-16-24)37-7-2/h8-18H,6-7,19H2,1-5H3,(H,30,32)/b29-25-. The smallest absolute Gasteiger partial charge is 0.264 e. The molecule has 3 aromatic rings. The summed E-state index contributed by atoms with van der Waals surface area (Å²) in [6.07, 6.45) is 0.516. The van der Waals surface area contributed by atoms with Crippen molar-refractivity contribution in [2.75, 3.05) is 31.7 Å². The summed E-state index contributed by atoms with van der Waals surface area (Å²) in [4.78, 5) is 13.0. The number of hydrogen-bond acceptors (Lipinski definition) is 7. The number of carbonyl (C=O) groups excluding carboxylic acids is 1. The molecular weight excluding hydrogens is 506 g/mol. The van der Waals surface area contributed by atoms with Gasteiger partial charge in [-0.05, 0) is 74.9 Å². The molecule has 202 valence electrons. The van der Waals surface area contributed by atoms with E-state index in [4.69, 9.17) is 14.2 Å². The molecule has 0 radical (unpaired) electrons. The van der Waals surface area contributed by atoms with Crippen molar-refractivity contribution in [3.8, 4) is 17.2 Å². The molecule has 3 aromatic carbocycles. The van der Waals surface area contributed by atoms with Crippen LogP contribution in [0.25, 0.3) is 0 Å². The molecule has 3 rings (SSSR count). The molecule has 0 saturated carbocycles. The molecule has 0 heterocycles. The zero-order valence-corrected chi connectivity index (χ0v) is 23.0. The molecule has 9 nitrogen and oxygen atoms in total. The Morgan fingerprint density at radius 3 is 2.16 bits per heavy atom. The van der Waals surface area contributed by atoms with Crippen LogP contribution in [0.3, 0.4) is 0 Å². The Morgan fingerprint density at radius 1 is 0.921 bits per heavy atom. The highest BCUT2D eigenvalue weighted by Gasteiger charge is 2.27. The summed E-state index contributed by atoms with van der Waals surface area (Å²) in [5.74, 6) is 1.07. The number of nitrogens with zero attached hydrogens (tertiary/aromatic N) is 2. The molecule has 38 heavy (non-hydrogen) atoms. The van der Waals surface area contributed by atoms with Gasteiger partial charge in [0.25, 0.3) is 15.9 Å². The molecule has 0 aliphatic heterocycles. The summed E-state index contributed by atoms with van der Waals surface area (Å²) in [6.45, 7) is 5.64. The lowest BCUT2D eigenvalue weighted by atomic mass is 10.1. The molecule has 0 spiro atoms. The SMILES string of the molecule is CCOc1ccc(S(=O)(=O)N(CC(=O)N/N=C(/CC)c2ccc(OC)c(OC)c2)c2ccc(C)cc2)cc1. The van der Waals surface area contributed by atoms with E-state index in [0.717, 1.165) is 15.4 Å². The van der Waals surface area contributed by atoms with E-state index >= 15 is 0 Å². The maximum absolute atomic E-state index is 13.6. The number of rotatable bonds is 12. The molecule has 10 heteroatoms. The topological polar surface area (TPSA) is 107 Å². The van der Waals surface area contributed by atoms with Crippen LogP contribution in [0.2, 0.25) is 0 Å². The Hall–Kier alpha value is -4.05. The normalized spacial score (nSPS) is 11.6. The first kappa shape index (κ1) is 28.5. The molecule has 0 aliphatic carbocycles. The molecule has 1 amide bonds. The van der Waals surface area contributed by atoms with Gasteiger partial charge in [-0.2, -0.15) is 5.10 Å². The van der Waals surface area contributed by atoms with Gasteiger partial charge in [0.2, 0.25) is 0 Å². The molecule has 0 saturated heterocycles. The van der Waals surface area contributed by atoms with Crippen LogP contribution >= 0.6 is 0 Å². The minimum atomic E-state index is -4.07. The van der Waals surface area contributed by atoms with Gasteiger partial charge in [-0.15, -0.1) is 0 Å². The molecular formula is C28H33N3O6S. The lowest BCUT2D eigenvalue weighted by molar-refractivity contribution is -0.119. The van der Waals surface area contributed by atoms with Crippen molar-refractivity contribution in [1.82, 2.24) is 5.43 Å². The highest BCUT2D eigenvalue weighted by molar-refractivity contribution is 7.92. The number of hydrazone groups is 1. The minimum absolute atomic E-state index is 0.0393. The van der Waals surface area contributed by atoms with Crippen LogP contribution in [0.1, 0.15) is 31.4 Å². The molecule has 0 fully saturated rings. The van der Waals surface area contributed by atoms with E-state index in [9.17, 15) is 13.2 Å². The quantitative estimate of drug-likeness (QED) is 0.268. The van der Waals surface area contributed by atoms with E-state index in [0.29, 0.717) is 41.7 Å². The van der Waals surface area contributed by atoms with Gasteiger partial charge in [0, 0.05) is 5.56 Å². The predicted molar refractivity (Wildman–Crippen MR) is 148 cm³/mol. The van der Waals surface area contributed by atoms with Crippen molar-refractivity contribution in [1.29, 1.82) is 0 Å². The van der Waals surface area contributed by atoms with Crippen LogP contribution in [0, 0.1) is 6.92 Å². The Balaban J connectivity index is 1.88. The van der Waals surface area contributed by atoms with Gasteiger partial charge in [-0.1, -0.05) is 24.6 Å². The average molecular weight is 540 g/mol. The fourth-order valence-corrected chi connectivity index (χ4v) is 5.11. The van der Waals surface area contributed by atoms with Gasteiger partial charge in [0.05, 0.1) is 37.1 Å². The highest BCUT2D eigenvalue weighted by atomic mass is 32.2. The van der Waals surface area contributed by atoms with Crippen LogP contribution in [0.15, 0.2) is 76.7 Å². The summed E-state index contributed by atoms with van der Waals surface area (Å²) < 4.78 is 44.4. The zero-order chi connectivity index (χ0) is 27.7. The number of methoxy groups -OCH3 is 2. The third-order valence-corrected chi connectivity index (χ3v) is 7.49. The number of hydrogen-bond donors (Lipinski definition) is 1. The van der Waals surface area contributed by atoms with E-state index in [2.05, 4.69) is 10.5 Å². The Bertz CT molecular complexity index is 1370. The number of ether oxygens (including phenoxy) is 3. The van der Waals surface area contributed by atoms with Crippen molar-refractivity contribution in [3.05, 3.63) is 77.9 Å². The summed E-state index contributed by atoms with van der Waals surface area (Å²) in [6, 6.07) is 18.3. The van der Waals surface area contributed by atoms with Crippen LogP contribution < -0.4 is 23.9 Å². The lowest BCUT2D eigenvalue weighted by Crippen LogP contribution is -2.39. The fourth-order valence-electron chi connectivity index (χ4n) is 3.69. The summed E-state index contributed by atoms with van der Waals surface area (Å²) in [5.41, 5.74) is 5.16. The first-order valence-corrected chi connectivity index (χ1v) is 13.6. The van der Waals surface area contributed by atoms with E-state index in [1.165, 1.54) is 19.2 Å². The van der Waals surface area contributed by atoms with E-state index in [1.54, 1.807) is 55.6 Å². The third-order valence-electron chi connectivity index (χ3n) is 5.70. The summed E-state index contributed by atoms with van der Waals surface area (Å²) in [7, 11) is -0.981. The van der Waals surface area contributed by atoms with Crippen LogP contribution in [-0.4, -0.2) is 47.4 Å². The second-order valence-corrected chi connectivity index (χ2v) is 10.1. The monoisotopic (exact) mass is 539 g/mol. The van der Waals surface area contributed by atoms with Gasteiger partial charge in [0.1, 0.15) is 12.3 Å². The van der Waals surface area contributed by atoms with Gasteiger partial charge < -0.3 is 14.2 Å². The predicted octanol–water partition coefficient (Wildman–Crippen LogP) is 4.54. The first-order chi connectivity index (χ1) is 18.2. The van der Waals surface area contributed by atoms with Crippen molar-refractivity contribution < 1.29 is 27.4 Å². The summed E-state index contributed by atoms with van der Waals surface area (Å²) >= 11 is 0. The van der Waals surface area contributed by atoms with Crippen molar-refractivity contribution in [2.45, 2.75) is 32.1 Å². The fraction of sp³-hybridized carbons (Fsp3) is 0.286. The van der Waals surface area contributed by atoms with Gasteiger partial charge in [-0.3, -0.25) is 9.10 Å². The molecule has 0 bridgehead atoms. The zero-order valence-electron chi connectivity index (χ0n) is 22.2. The molecule has 1 N–H and O–H groups in total. The highest BCUT2D eigenvalue weighted by Crippen LogP contribution is 2.28. The second kappa shape index (κ2) is 13.0. The van der Waals surface area contributed by atoms with E-state index in [1.807, 2.05) is 26.8 Å². The number of nitrogens with one attached hydrogen (secondary N) is 1. The van der Waals surface area contributed by atoms with Crippen LogP contribution in [0.4, 0.5) is 5.69 Å². The van der Waals surface area contributed by atoms with Gasteiger partial charge in [0.15, 0.2) is 11.5 Å². The third kappa shape index (κ3) is 6.83. The van der Waals surface area contributed by atoms with Gasteiger partial charge in [-0.25, -0.2) is 13.8 Å². The maximum Gasteiger partial charge on any atom is 0.264 e. The number of sulfonamides is 1. The molecule has 0 atom stereocenters. The Kier molecular flexibility index (Phi) is 9.72. The first-order valence-electron chi connectivity index (χ1n) is 12.1. The van der Waals surface area contributed by atoms with Gasteiger partial charge >= 0.3 is 0 Å². The number of carbonyl (C=O) groups is 1.